The predicted molar refractivity (Wildman–Crippen MR) is 108 cm³/mol. The number of ether oxygens (including phenoxy) is 3. The molecule has 8 nitrogen and oxygen atoms in total. The van der Waals surface area contributed by atoms with E-state index in [9.17, 15) is 9.59 Å². The number of aromatic nitrogens is 1. The van der Waals surface area contributed by atoms with Gasteiger partial charge in [0.05, 0.1) is 7.11 Å². The van der Waals surface area contributed by atoms with Crippen LogP contribution in [0.5, 0.6) is 17.2 Å². The van der Waals surface area contributed by atoms with Crippen LogP contribution in [0.15, 0.2) is 42.5 Å². The van der Waals surface area contributed by atoms with Gasteiger partial charge in [-0.05, 0) is 30.3 Å². The first-order valence-corrected chi connectivity index (χ1v) is 9.27. The summed E-state index contributed by atoms with van der Waals surface area (Å²) in [4.78, 5) is 27.6. The number of hydrogen-bond donors (Lipinski definition) is 3. The molecule has 29 heavy (non-hydrogen) atoms. The molecule has 1 aliphatic heterocycles. The highest BCUT2D eigenvalue weighted by molar-refractivity contribution is 6.00. The van der Waals surface area contributed by atoms with Crippen molar-refractivity contribution in [1.29, 1.82) is 0 Å². The van der Waals surface area contributed by atoms with Crippen molar-refractivity contribution >= 4 is 28.4 Å². The van der Waals surface area contributed by atoms with Crippen molar-refractivity contribution in [2.24, 2.45) is 0 Å². The van der Waals surface area contributed by atoms with E-state index in [1.54, 1.807) is 31.4 Å². The molecule has 0 fully saturated rings. The molecule has 0 saturated carbocycles. The number of benzene rings is 2. The van der Waals surface area contributed by atoms with Crippen molar-refractivity contribution < 1.29 is 23.8 Å². The second-order valence-corrected chi connectivity index (χ2v) is 6.52. The van der Waals surface area contributed by atoms with Crippen LogP contribution in [0.2, 0.25) is 0 Å². The molecule has 2 aromatic carbocycles. The summed E-state index contributed by atoms with van der Waals surface area (Å²) >= 11 is 0. The lowest BCUT2D eigenvalue weighted by molar-refractivity contribution is -0.116. The van der Waals surface area contributed by atoms with Crippen LogP contribution >= 0.6 is 0 Å². The van der Waals surface area contributed by atoms with Gasteiger partial charge in [0.1, 0.15) is 24.7 Å². The van der Waals surface area contributed by atoms with Crippen LogP contribution in [0, 0.1) is 0 Å². The summed E-state index contributed by atoms with van der Waals surface area (Å²) in [5.74, 6) is 1.47. The summed E-state index contributed by atoms with van der Waals surface area (Å²) in [7, 11) is 1.59. The fourth-order valence-corrected chi connectivity index (χ4v) is 3.16. The molecule has 1 aliphatic rings. The molecule has 0 saturated heterocycles. The van der Waals surface area contributed by atoms with Gasteiger partial charge in [-0.3, -0.25) is 9.59 Å². The Morgan fingerprint density at radius 3 is 2.76 bits per heavy atom. The van der Waals surface area contributed by atoms with Gasteiger partial charge < -0.3 is 29.8 Å². The first-order chi connectivity index (χ1) is 14.1. The Morgan fingerprint density at radius 2 is 1.93 bits per heavy atom. The average Bonchev–Trinajstić information content (AvgIpc) is 3.18. The third-order valence-electron chi connectivity index (χ3n) is 4.55. The standard InChI is InChI=1S/C21H21N3O5/c1-27-17-4-2-3-15-14(17)12-16(24-15)21(26)22-8-7-20(25)23-13-5-6-18-19(11-13)29-10-9-28-18/h2-6,11-12,24H,7-10H2,1H3,(H,22,26)(H,23,25). The zero-order valence-corrected chi connectivity index (χ0v) is 15.9. The summed E-state index contributed by atoms with van der Waals surface area (Å²) in [6.45, 7) is 1.21. The predicted octanol–water partition coefficient (Wildman–Crippen LogP) is 2.71. The first-order valence-electron chi connectivity index (χ1n) is 9.27. The number of anilines is 1. The maximum Gasteiger partial charge on any atom is 0.267 e. The topological polar surface area (TPSA) is 102 Å². The molecule has 150 valence electrons. The van der Waals surface area contributed by atoms with Crippen molar-refractivity contribution in [1.82, 2.24) is 10.3 Å². The molecule has 1 aromatic heterocycles. The number of methoxy groups -OCH3 is 1. The number of carbonyl (C=O) groups excluding carboxylic acids is 2. The van der Waals surface area contributed by atoms with Crippen molar-refractivity contribution in [2.45, 2.75) is 6.42 Å². The Bertz CT molecular complexity index is 1060. The number of carbonyl (C=O) groups is 2. The van der Waals surface area contributed by atoms with Gasteiger partial charge >= 0.3 is 0 Å². The monoisotopic (exact) mass is 395 g/mol. The number of aromatic amines is 1. The third kappa shape index (κ3) is 4.11. The summed E-state index contributed by atoms with van der Waals surface area (Å²) < 4.78 is 16.3. The Labute approximate surface area is 167 Å². The van der Waals surface area contributed by atoms with Gasteiger partial charge in [0.25, 0.3) is 5.91 Å². The van der Waals surface area contributed by atoms with E-state index in [0.717, 1.165) is 10.9 Å². The third-order valence-corrected chi connectivity index (χ3v) is 4.55. The minimum absolute atomic E-state index is 0.143. The molecule has 0 unspecified atom stereocenters. The van der Waals surface area contributed by atoms with E-state index in [1.807, 2.05) is 18.2 Å². The van der Waals surface area contributed by atoms with Gasteiger partial charge in [-0.1, -0.05) is 6.07 Å². The minimum atomic E-state index is -0.282. The van der Waals surface area contributed by atoms with E-state index in [-0.39, 0.29) is 24.8 Å². The average molecular weight is 395 g/mol. The minimum Gasteiger partial charge on any atom is -0.496 e. The Hall–Kier alpha value is -3.68. The van der Waals surface area contributed by atoms with Crippen LogP contribution < -0.4 is 24.8 Å². The highest BCUT2D eigenvalue weighted by Crippen LogP contribution is 2.32. The highest BCUT2D eigenvalue weighted by Gasteiger charge is 2.14. The van der Waals surface area contributed by atoms with Crippen LogP contribution in [0.1, 0.15) is 16.9 Å². The zero-order valence-electron chi connectivity index (χ0n) is 15.9. The molecule has 4 rings (SSSR count). The molecule has 8 heteroatoms. The van der Waals surface area contributed by atoms with Crippen molar-refractivity contribution in [3.63, 3.8) is 0 Å². The van der Waals surface area contributed by atoms with E-state index in [4.69, 9.17) is 14.2 Å². The van der Waals surface area contributed by atoms with Gasteiger partial charge in [0.2, 0.25) is 5.91 Å². The Balaban J connectivity index is 1.30. The summed E-state index contributed by atoms with van der Waals surface area (Å²) in [5, 5.41) is 6.37. The van der Waals surface area contributed by atoms with Gasteiger partial charge in [-0.15, -0.1) is 0 Å². The lowest BCUT2D eigenvalue weighted by Gasteiger charge is -2.19. The number of nitrogens with one attached hydrogen (secondary N) is 3. The van der Waals surface area contributed by atoms with Crippen LogP contribution in [-0.4, -0.2) is 43.7 Å². The SMILES string of the molecule is COc1cccc2[nH]c(C(=O)NCCC(=O)Nc3ccc4c(c3)OCCO4)cc12. The van der Waals surface area contributed by atoms with Crippen molar-refractivity contribution in [2.75, 3.05) is 32.2 Å². The largest absolute Gasteiger partial charge is 0.496 e. The number of amides is 2. The van der Waals surface area contributed by atoms with E-state index in [1.165, 1.54) is 0 Å². The number of H-pyrrole nitrogens is 1. The summed E-state index contributed by atoms with van der Waals surface area (Å²) in [6, 6.07) is 12.5. The number of hydrogen-bond acceptors (Lipinski definition) is 5. The van der Waals surface area contributed by atoms with Gasteiger partial charge in [-0.25, -0.2) is 0 Å². The van der Waals surface area contributed by atoms with E-state index < -0.39 is 0 Å². The molecular weight excluding hydrogens is 374 g/mol. The second-order valence-electron chi connectivity index (χ2n) is 6.52. The highest BCUT2D eigenvalue weighted by atomic mass is 16.6. The molecule has 0 bridgehead atoms. The van der Waals surface area contributed by atoms with E-state index in [0.29, 0.717) is 41.8 Å². The van der Waals surface area contributed by atoms with Gasteiger partial charge in [0, 0.05) is 35.6 Å². The number of rotatable bonds is 6. The van der Waals surface area contributed by atoms with Crippen LogP contribution in [0.3, 0.4) is 0 Å². The zero-order chi connectivity index (χ0) is 20.2. The summed E-state index contributed by atoms with van der Waals surface area (Å²) in [5.41, 5.74) is 1.84. The molecular formula is C21H21N3O5. The molecule has 0 spiro atoms. The van der Waals surface area contributed by atoms with Crippen LogP contribution in [-0.2, 0) is 4.79 Å². The molecule has 0 aliphatic carbocycles. The van der Waals surface area contributed by atoms with Crippen molar-refractivity contribution in [3.8, 4) is 17.2 Å². The van der Waals surface area contributed by atoms with Crippen molar-refractivity contribution in [3.05, 3.63) is 48.2 Å². The molecule has 0 atom stereocenters. The lowest BCUT2D eigenvalue weighted by atomic mass is 10.2. The Kier molecular flexibility index (Phi) is 5.24. The van der Waals surface area contributed by atoms with Gasteiger partial charge in [0.15, 0.2) is 11.5 Å². The maximum atomic E-state index is 12.4. The van der Waals surface area contributed by atoms with Gasteiger partial charge in [-0.2, -0.15) is 0 Å². The quantitative estimate of drug-likeness (QED) is 0.596. The van der Waals surface area contributed by atoms with E-state index in [2.05, 4.69) is 15.6 Å². The molecule has 2 heterocycles. The molecule has 3 N–H and O–H groups in total. The molecule has 0 radical (unpaired) electrons. The van der Waals surface area contributed by atoms with Crippen LogP contribution in [0.4, 0.5) is 5.69 Å². The van der Waals surface area contributed by atoms with E-state index >= 15 is 0 Å². The molecule has 3 aromatic rings. The maximum absolute atomic E-state index is 12.4. The smallest absolute Gasteiger partial charge is 0.267 e. The Morgan fingerprint density at radius 1 is 1.10 bits per heavy atom. The second kappa shape index (κ2) is 8.14. The first kappa shape index (κ1) is 18.7. The normalized spacial score (nSPS) is 12.4. The fraction of sp³-hybridized carbons (Fsp3) is 0.238. The molecule has 2 amide bonds. The van der Waals surface area contributed by atoms with Crippen LogP contribution in [0.25, 0.3) is 10.9 Å². The lowest BCUT2D eigenvalue weighted by Crippen LogP contribution is -2.27. The number of fused-ring (bicyclic) bond motifs is 2. The fourth-order valence-electron chi connectivity index (χ4n) is 3.16. The summed E-state index contributed by atoms with van der Waals surface area (Å²) in [6.07, 6.45) is 0.143.